The van der Waals surface area contributed by atoms with Crippen molar-refractivity contribution in [2.75, 3.05) is 37.4 Å². The molecule has 11 nitrogen and oxygen atoms in total. The van der Waals surface area contributed by atoms with E-state index in [1.807, 2.05) is 82.8 Å². The van der Waals surface area contributed by atoms with Crippen molar-refractivity contribution >= 4 is 34.8 Å². The molecule has 1 atom stereocenters. The second kappa shape index (κ2) is 16.2. The van der Waals surface area contributed by atoms with Crippen LogP contribution in [0.5, 0.6) is 11.5 Å². The molecular weight excluding hydrogens is 608 g/mol. The van der Waals surface area contributed by atoms with Gasteiger partial charge in [0, 0.05) is 47.6 Å². The Balaban J connectivity index is 1.60. The fraction of sp³-hybridized carbons (Fsp3) is 0.568. The second-order valence-electron chi connectivity index (χ2n) is 14.4. The molecule has 48 heavy (non-hydrogen) atoms. The molecule has 0 saturated carbocycles. The van der Waals surface area contributed by atoms with Gasteiger partial charge in [0.25, 0.3) is 0 Å². The SMILES string of the molecule is CCCCCNc1ccc2cc(-c3cc(OCCC4CCCCN4C(=O)OC(C)(C)C)ccc3OC)c(NC(=O)NC(C)(C)C)nc2n1. The van der Waals surface area contributed by atoms with Crippen molar-refractivity contribution in [3.63, 3.8) is 0 Å². The van der Waals surface area contributed by atoms with Crippen LogP contribution >= 0.6 is 0 Å². The van der Waals surface area contributed by atoms with Gasteiger partial charge in [-0.25, -0.2) is 19.6 Å². The maximum atomic E-state index is 13.1. The van der Waals surface area contributed by atoms with Crippen LogP contribution in [0.15, 0.2) is 36.4 Å². The number of hydrogen-bond donors (Lipinski definition) is 3. The third kappa shape index (κ3) is 10.6. The zero-order chi connectivity index (χ0) is 34.9. The summed E-state index contributed by atoms with van der Waals surface area (Å²) in [5, 5.41) is 10.1. The van der Waals surface area contributed by atoms with Crippen LogP contribution in [-0.4, -0.2) is 71.0 Å². The van der Waals surface area contributed by atoms with Crippen LogP contribution in [0.2, 0.25) is 0 Å². The number of amides is 3. The van der Waals surface area contributed by atoms with Crippen LogP contribution < -0.4 is 25.4 Å². The largest absolute Gasteiger partial charge is 0.496 e. The monoisotopic (exact) mass is 662 g/mol. The molecule has 0 spiro atoms. The Bertz CT molecular complexity index is 1550. The molecule has 4 rings (SSSR count). The van der Waals surface area contributed by atoms with E-state index in [4.69, 9.17) is 24.2 Å². The molecular formula is C37H54N6O5. The van der Waals surface area contributed by atoms with Gasteiger partial charge in [-0.05, 0) is 104 Å². The second-order valence-corrected chi connectivity index (χ2v) is 14.4. The van der Waals surface area contributed by atoms with Gasteiger partial charge in [0.15, 0.2) is 5.65 Å². The van der Waals surface area contributed by atoms with Crippen molar-refractivity contribution < 1.29 is 23.8 Å². The van der Waals surface area contributed by atoms with Gasteiger partial charge in [0.05, 0.1) is 13.7 Å². The van der Waals surface area contributed by atoms with Crippen molar-refractivity contribution in [2.24, 2.45) is 0 Å². The minimum Gasteiger partial charge on any atom is -0.496 e. The number of rotatable bonds is 12. The number of nitrogens with one attached hydrogen (secondary N) is 3. The molecule has 3 aromatic rings. The number of hydrogen-bond acceptors (Lipinski definition) is 8. The number of nitrogens with zero attached hydrogens (tertiary/aromatic N) is 3. The summed E-state index contributed by atoms with van der Waals surface area (Å²) in [6.07, 6.45) is 6.70. The van der Waals surface area contributed by atoms with Crippen molar-refractivity contribution in [2.45, 2.75) is 111 Å². The minimum absolute atomic E-state index is 0.0478. The van der Waals surface area contributed by atoms with E-state index in [-0.39, 0.29) is 18.2 Å². The van der Waals surface area contributed by atoms with E-state index >= 15 is 0 Å². The molecule has 0 bridgehead atoms. The van der Waals surface area contributed by atoms with Crippen LogP contribution in [0.3, 0.4) is 0 Å². The van der Waals surface area contributed by atoms with Crippen molar-refractivity contribution in [1.29, 1.82) is 0 Å². The van der Waals surface area contributed by atoms with Gasteiger partial charge in [-0.3, -0.25) is 5.32 Å². The first-order chi connectivity index (χ1) is 22.8. The standard InChI is InChI=1S/C37H54N6O5/c1-9-10-12-20-38-31-18-15-25-23-29(33(40-32(25)39-31)41-34(44)42-36(2,3)4)28-24-27(16-17-30(28)46-8)47-22-19-26-14-11-13-21-43(26)35(45)48-37(5,6)7/h15-18,23-24,26H,9-14,19-22H2,1-8H3,(H3,38,39,40,41,42,44). The normalized spacial score (nSPS) is 15.2. The van der Waals surface area contributed by atoms with Crippen molar-refractivity contribution in [1.82, 2.24) is 20.2 Å². The molecule has 1 aliphatic heterocycles. The van der Waals surface area contributed by atoms with Gasteiger partial charge >= 0.3 is 12.1 Å². The number of pyridine rings is 2. The van der Waals surface area contributed by atoms with Crippen LogP contribution in [0, 0.1) is 0 Å². The van der Waals surface area contributed by atoms with E-state index in [9.17, 15) is 9.59 Å². The van der Waals surface area contributed by atoms with E-state index < -0.39 is 11.1 Å². The molecule has 1 aromatic carbocycles. The molecule has 1 saturated heterocycles. The third-order valence-electron chi connectivity index (χ3n) is 7.92. The Kier molecular flexibility index (Phi) is 12.3. The number of piperidine rings is 1. The van der Waals surface area contributed by atoms with Gasteiger partial charge in [0.1, 0.15) is 28.7 Å². The highest BCUT2D eigenvalue weighted by molar-refractivity contribution is 5.97. The quantitative estimate of drug-likeness (QED) is 0.165. The first-order valence-electron chi connectivity index (χ1n) is 17.2. The molecule has 0 aliphatic carbocycles. The Morgan fingerprint density at radius 1 is 0.979 bits per heavy atom. The lowest BCUT2D eigenvalue weighted by molar-refractivity contribution is 0.00742. The molecule has 262 valence electrons. The Labute approximate surface area is 285 Å². The molecule has 3 amide bonds. The van der Waals surface area contributed by atoms with Gasteiger partial charge in [-0.2, -0.15) is 0 Å². The number of urea groups is 1. The van der Waals surface area contributed by atoms with E-state index in [2.05, 4.69) is 22.9 Å². The summed E-state index contributed by atoms with van der Waals surface area (Å²) in [4.78, 5) is 37.4. The summed E-state index contributed by atoms with van der Waals surface area (Å²) in [6.45, 7) is 15.5. The number of ether oxygens (including phenoxy) is 3. The minimum atomic E-state index is -0.544. The summed E-state index contributed by atoms with van der Waals surface area (Å²) in [5.74, 6) is 2.33. The lowest BCUT2D eigenvalue weighted by Crippen LogP contribution is -2.46. The molecule has 11 heteroatoms. The van der Waals surface area contributed by atoms with Crippen LogP contribution in [0.4, 0.5) is 21.2 Å². The van der Waals surface area contributed by atoms with Crippen molar-refractivity contribution in [3.05, 3.63) is 36.4 Å². The number of carbonyl (C=O) groups is 2. The topological polar surface area (TPSA) is 127 Å². The highest BCUT2D eigenvalue weighted by atomic mass is 16.6. The summed E-state index contributed by atoms with van der Waals surface area (Å²) < 4.78 is 17.7. The number of fused-ring (bicyclic) bond motifs is 1. The average Bonchev–Trinajstić information content (AvgIpc) is 3.01. The molecule has 1 unspecified atom stereocenters. The molecule has 3 N–H and O–H groups in total. The van der Waals surface area contributed by atoms with Crippen molar-refractivity contribution in [3.8, 4) is 22.6 Å². The Hall–Kier alpha value is -4.28. The smallest absolute Gasteiger partial charge is 0.410 e. The molecule has 2 aromatic heterocycles. The van der Waals surface area contributed by atoms with Crippen LogP contribution in [0.1, 0.15) is 93.4 Å². The van der Waals surface area contributed by atoms with E-state index in [0.717, 1.165) is 56.3 Å². The van der Waals surface area contributed by atoms with Crippen LogP contribution in [0.25, 0.3) is 22.2 Å². The maximum absolute atomic E-state index is 13.1. The summed E-state index contributed by atoms with van der Waals surface area (Å²) in [7, 11) is 1.61. The Morgan fingerprint density at radius 2 is 1.77 bits per heavy atom. The first kappa shape index (κ1) is 36.6. The molecule has 1 fully saturated rings. The number of methoxy groups -OCH3 is 1. The number of carbonyl (C=O) groups excluding carboxylic acids is 2. The number of aromatic nitrogens is 2. The molecule has 3 heterocycles. The summed E-state index contributed by atoms with van der Waals surface area (Å²) in [6, 6.07) is 11.2. The average molecular weight is 663 g/mol. The zero-order valence-corrected chi connectivity index (χ0v) is 30.0. The van der Waals surface area contributed by atoms with Gasteiger partial charge < -0.3 is 29.7 Å². The fourth-order valence-electron chi connectivity index (χ4n) is 5.68. The predicted octanol–water partition coefficient (Wildman–Crippen LogP) is 8.39. The predicted molar refractivity (Wildman–Crippen MR) is 192 cm³/mol. The van der Waals surface area contributed by atoms with E-state index in [1.165, 1.54) is 0 Å². The number of benzene rings is 1. The highest BCUT2D eigenvalue weighted by Crippen LogP contribution is 2.39. The highest BCUT2D eigenvalue weighted by Gasteiger charge is 2.30. The van der Waals surface area contributed by atoms with Gasteiger partial charge in [0.2, 0.25) is 0 Å². The lowest BCUT2D eigenvalue weighted by atomic mass is 10.00. The third-order valence-corrected chi connectivity index (χ3v) is 7.92. The number of unbranched alkanes of at least 4 members (excludes halogenated alkanes) is 2. The zero-order valence-electron chi connectivity index (χ0n) is 30.0. The lowest BCUT2D eigenvalue weighted by Gasteiger charge is -2.36. The van der Waals surface area contributed by atoms with E-state index in [1.54, 1.807) is 7.11 Å². The number of anilines is 2. The maximum Gasteiger partial charge on any atom is 0.410 e. The van der Waals surface area contributed by atoms with Gasteiger partial charge in [-0.1, -0.05) is 19.8 Å². The Morgan fingerprint density at radius 3 is 2.48 bits per heavy atom. The molecule has 1 aliphatic rings. The first-order valence-corrected chi connectivity index (χ1v) is 17.2. The molecule has 0 radical (unpaired) electrons. The van der Waals surface area contributed by atoms with Gasteiger partial charge in [-0.15, -0.1) is 0 Å². The summed E-state index contributed by atoms with van der Waals surface area (Å²) in [5.41, 5.74) is 0.904. The van der Waals surface area contributed by atoms with Crippen LogP contribution in [-0.2, 0) is 4.74 Å². The van der Waals surface area contributed by atoms with E-state index in [0.29, 0.717) is 53.7 Å². The fourth-order valence-corrected chi connectivity index (χ4v) is 5.68. The summed E-state index contributed by atoms with van der Waals surface area (Å²) >= 11 is 0. The number of likely N-dealkylation sites (tertiary alicyclic amines) is 1.